The van der Waals surface area contributed by atoms with Crippen LogP contribution in [0.5, 0.6) is 5.75 Å². The molecule has 0 radical (unpaired) electrons. The predicted molar refractivity (Wildman–Crippen MR) is 122 cm³/mol. The van der Waals surface area contributed by atoms with E-state index in [1.165, 1.54) is 31.2 Å². The summed E-state index contributed by atoms with van der Waals surface area (Å²) in [6.07, 6.45) is -2.26. The van der Waals surface area contributed by atoms with Crippen molar-refractivity contribution in [2.45, 2.75) is 63.9 Å². The second-order valence-electron chi connectivity index (χ2n) is 8.43. The Morgan fingerprint density at radius 2 is 1.37 bits per heavy atom. The molecule has 5 atom stereocenters. The average Bonchev–Trinajstić information content (AvgIpc) is 2.76. The molecule has 0 aliphatic rings. The molecule has 1 aromatic rings. The molecule has 194 valence electrons. The van der Waals surface area contributed by atoms with Crippen LogP contribution in [-0.2, 0) is 30.4 Å². The van der Waals surface area contributed by atoms with E-state index in [0.717, 1.165) is 0 Å². The van der Waals surface area contributed by atoms with Crippen molar-refractivity contribution in [3.63, 3.8) is 0 Å². The van der Waals surface area contributed by atoms with Crippen LogP contribution < -0.4 is 21.7 Å². The number of carboxylic acids is 2. The van der Waals surface area contributed by atoms with E-state index in [4.69, 9.17) is 10.8 Å². The minimum Gasteiger partial charge on any atom is -0.508 e. The van der Waals surface area contributed by atoms with Gasteiger partial charge in [-0.2, -0.15) is 0 Å². The molecule has 1 aromatic carbocycles. The van der Waals surface area contributed by atoms with Gasteiger partial charge in [-0.25, -0.2) is 4.79 Å². The number of aliphatic carboxylic acids is 2. The van der Waals surface area contributed by atoms with Crippen molar-refractivity contribution in [3.05, 3.63) is 29.8 Å². The Labute approximate surface area is 201 Å². The summed E-state index contributed by atoms with van der Waals surface area (Å²) in [6.45, 7) is 4.40. The third kappa shape index (κ3) is 9.59. The second kappa shape index (κ2) is 13.2. The molecule has 9 N–H and O–H groups in total. The fourth-order valence-electron chi connectivity index (χ4n) is 2.99. The van der Waals surface area contributed by atoms with Gasteiger partial charge < -0.3 is 42.1 Å². The van der Waals surface area contributed by atoms with Gasteiger partial charge in [0, 0.05) is 6.42 Å². The van der Waals surface area contributed by atoms with Crippen LogP contribution in [-0.4, -0.2) is 80.4 Å². The summed E-state index contributed by atoms with van der Waals surface area (Å²) in [7, 11) is 0. The molecule has 0 fully saturated rings. The zero-order valence-electron chi connectivity index (χ0n) is 19.6. The van der Waals surface area contributed by atoms with E-state index in [1.54, 1.807) is 13.8 Å². The van der Waals surface area contributed by atoms with Crippen molar-refractivity contribution in [1.82, 2.24) is 16.0 Å². The molecule has 13 nitrogen and oxygen atoms in total. The molecular weight excluding hydrogens is 464 g/mol. The molecule has 0 spiro atoms. The molecule has 0 aliphatic heterocycles. The minimum atomic E-state index is -1.64. The number of phenols is 1. The maximum Gasteiger partial charge on any atom is 0.326 e. The van der Waals surface area contributed by atoms with Crippen molar-refractivity contribution in [1.29, 1.82) is 0 Å². The van der Waals surface area contributed by atoms with Crippen molar-refractivity contribution < 1.29 is 44.4 Å². The first-order chi connectivity index (χ1) is 16.2. The molecule has 3 amide bonds. The maximum absolute atomic E-state index is 12.9. The number of aromatic hydroxyl groups is 1. The number of aliphatic hydroxyl groups excluding tert-OH is 1. The number of carboxylic acid groups (broad SMARTS) is 2. The van der Waals surface area contributed by atoms with Crippen LogP contribution in [0.25, 0.3) is 0 Å². The smallest absolute Gasteiger partial charge is 0.326 e. The van der Waals surface area contributed by atoms with E-state index in [1.807, 2.05) is 0 Å². The highest BCUT2D eigenvalue weighted by atomic mass is 16.4. The van der Waals surface area contributed by atoms with Gasteiger partial charge in [0.05, 0.1) is 12.5 Å². The lowest BCUT2D eigenvalue weighted by atomic mass is 10.0. The van der Waals surface area contributed by atoms with Gasteiger partial charge >= 0.3 is 11.9 Å². The van der Waals surface area contributed by atoms with Crippen molar-refractivity contribution in [3.8, 4) is 5.75 Å². The van der Waals surface area contributed by atoms with Crippen LogP contribution in [0.2, 0.25) is 0 Å². The highest BCUT2D eigenvalue weighted by molar-refractivity contribution is 5.95. The Morgan fingerprint density at radius 1 is 0.857 bits per heavy atom. The molecule has 0 heterocycles. The topological polar surface area (TPSA) is 228 Å². The number of amides is 3. The molecule has 0 saturated carbocycles. The van der Waals surface area contributed by atoms with Gasteiger partial charge in [0.25, 0.3) is 0 Å². The number of nitrogens with one attached hydrogen (secondary N) is 3. The second-order valence-corrected chi connectivity index (χ2v) is 8.43. The molecule has 0 aromatic heterocycles. The Kier molecular flexibility index (Phi) is 11.1. The molecule has 5 unspecified atom stereocenters. The molecule has 35 heavy (non-hydrogen) atoms. The first-order valence-corrected chi connectivity index (χ1v) is 10.8. The summed E-state index contributed by atoms with van der Waals surface area (Å²) in [6, 6.07) is -0.0192. The summed E-state index contributed by atoms with van der Waals surface area (Å²) >= 11 is 0. The Bertz CT molecular complexity index is 918. The SMILES string of the molecule is CC(C)C(NC(=O)C(Cc1ccc(O)cc1)NC(=O)C(CC(=O)O)NC(=O)C(N)C(C)O)C(=O)O. The van der Waals surface area contributed by atoms with Gasteiger partial charge in [0.15, 0.2) is 0 Å². The Morgan fingerprint density at radius 3 is 1.83 bits per heavy atom. The molecule has 13 heteroatoms. The van der Waals surface area contributed by atoms with Gasteiger partial charge in [0.2, 0.25) is 17.7 Å². The first-order valence-electron chi connectivity index (χ1n) is 10.8. The van der Waals surface area contributed by atoms with Crippen molar-refractivity contribution in [2.24, 2.45) is 11.7 Å². The van der Waals surface area contributed by atoms with Crippen LogP contribution >= 0.6 is 0 Å². The maximum atomic E-state index is 12.9. The standard InChI is InChI=1S/C22H32N4O9/c1-10(2)18(22(34)35)26-20(32)14(8-12-4-6-13(28)7-5-12)24-19(31)15(9-16(29)30)25-21(33)17(23)11(3)27/h4-7,10-11,14-15,17-18,27-28H,8-9,23H2,1-3H3,(H,24,31)(H,25,33)(H,26,32)(H,29,30)(H,34,35). The third-order valence-electron chi connectivity index (χ3n) is 5.07. The van der Waals surface area contributed by atoms with E-state index < -0.39 is 72.3 Å². The van der Waals surface area contributed by atoms with Gasteiger partial charge in [-0.1, -0.05) is 26.0 Å². The summed E-state index contributed by atoms with van der Waals surface area (Å²) in [5, 5.41) is 44.3. The summed E-state index contributed by atoms with van der Waals surface area (Å²) in [5.74, 6) is -6.10. The normalized spacial score (nSPS) is 15.3. The summed E-state index contributed by atoms with van der Waals surface area (Å²) in [4.78, 5) is 60.8. The van der Waals surface area contributed by atoms with E-state index in [-0.39, 0.29) is 12.2 Å². The van der Waals surface area contributed by atoms with Gasteiger partial charge in [-0.15, -0.1) is 0 Å². The number of phenolic OH excluding ortho intramolecular Hbond substituents is 1. The van der Waals surface area contributed by atoms with Gasteiger partial charge in [0.1, 0.15) is 29.9 Å². The fraction of sp³-hybridized carbons (Fsp3) is 0.500. The number of carbonyl (C=O) groups is 5. The zero-order chi connectivity index (χ0) is 26.9. The van der Waals surface area contributed by atoms with E-state index in [2.05, 4.69) is 16.0 Å². The third-order valence-corrected chi connectivity index (χ3v) is 5.07. The van der Waals surface area contributed by atoms with E-state index >= 15 is 0 Å². The van der Waals surface area contributed by atoms with Crippen LogP contribution in [0.3, 0.4) is 0 Å². The van der Waals surface area contributed by atoms with E-state index in [0.29, 0.717) is 5.56 Å². The number of nitrogens with two attached hydrogens (primary N) is 1. The number of aliphatic hydroxyl groups is 1. The van der Waals surface area contributed by atoms with Crippen LogP contribution in [0.1, 0.15) is 32.8 Å². The predicted octanol–water partition coefficient (Wildman–Crippen LogP) is -1.69. The van der Waals surface area contributed by atoms with Crippen LogP contribution in [0.15, 0.2) is 24.3 Å². The quantitative estimate of drug-likeness (QED) is 0.154. The van der Waals surface area contributed by atoms with E-state index in [9.17, 15) is 39.3 Å². The Balaban J connectivity index is 3.18. The van der Waals surface area contributed by atoms with Gasteiger partial charge in [-0.3, -0.25) is 19.2 Å². The fourth-order valence-corrected chi connectivity index (χ4v) is 2.99. The van der Waals surface area contributed by atoms with Crippen LogP contribution in [0, 0.1) is 5.92 Å². The number of rotatable bonds is 13. The average molecular weight is 497 g/mol. The monoisotopic (exact) mass is 496 g/mol. The largest absolute Gasteiger partial charge is 0.508 e. The highest BCUT2D eigenvalue weighted by Crippen LogP contribution is 2.12. The van der Waals surface area contributed by atoms with Crippen LogP contribution in [0.4, 0.5) is 0 Å². The number of benzene rings is 1. The number of hydrogen-bond donors (Lipinski definition) is 8. The molecule has 0 saturated heterocycles. The Hall–Kier alpha value is -3.71. The zero-order valence-corrected chi connectivity index (χ0v) is 19.6. The van der Waals surface area contributed by atoms with Crippen molar-refractivity contribution >= 4 is 29.7 Å². The molecule has 1 rings (SSSR count). The lowest BCUT2D eigenvalue weighted by molar-refractivity contribution is -0.144. The summed E-state index contributed by atoms with van der Waals surface area (Å²) in [5.41, 5.74) is 6.03. The van der Waals surface area contributed by atoms with Crippen molar-refractivity contribution in [2.75, 3.05) is 0 Å². The number of carbonyl (C=O) groups excluding carboxylic acids is 3. The van der Waals surface area contributed by atoms with Gasteiger partial charge in [-0.05, 0) is 30.5 Å². The lowest BCUT2D eigenvalue weighted by Crippen LogP contribution is -2.59. The highest BCUT2D eigenvalue weighted by Gasteiger charge is 2.32. The molecular formula is C22H32N4O9. The minimum absolute atomic E-state index is 0.0387. The first kappa shape index (κ1) is 29.3. The molecule has 0 aliphatic carbocycles. The summed E-state index contributed by atoms with van der Waals surface area (Å²) < 4.78 is 0. The molecule has 0 bridgehead atoms. The lowest BCUT2D eigenvalue weighted by Gasteiger charge is -2.26. The number of hydrogen-bond acceptors (Lipinski definition) is 8.